The molecule has 4 aromatic rings. The van der Waals surface area contributed by atoms with Crippen molar-refractivity contribution in [1.82, 2.24) is 19.5 Å². The van der Waals surface area contributed by atoms with Crippen molar-refractivity contribution in [2.24, 2.45) is 0 Å². The molecule has 0 saturated carbocycles. The number of aromatic nitrogens is 4. The van der Waals surface area contributed by atoms with E-state index in [4.69, 9.17) is 0 Å². The number of amides is 1. The van der Waals surface area contributed by atoms with Gasteiger partial charge in [-0.2, -0.15) is 0 Å². The average molecular weight is 347 g/mol. The highest BCUT2D eigenvalue weighted by Crippen LogP contribution is 2.16. The monoisotopic (exact) mass is 347 g/mol. The summed E-state index contributed by atoms with van der Waals surface area (Å²) in [5.41, 5.74) is 3.04. The largest absolute Gasteiger partial charge is 0.345 e. The van der Waals surface area contributed by atoms with Crippen LogP contribution in [0.2, 0.25) is 0 Å². The molecule has 0 aliphatic carbocycles. The van der Waals surface area contributed by atoms with Crippen LogP contribution in [0.25, 0.3) is 21.9 Å². The van der Waals surface area contributed by atoms with Gasteiger partial charge in [0, 0.05) is 18.7 Å². The number of carbonyl (C=O) groups is 1. The van der Waals surface area contributed by atoms with E-state index in [1.165, 1.54) is 6.33 Å². The van der Waals surface area contributed by atoms with Crippen molar-refractivity contribution in [3.63, 3.8) is 0 Å². The highest BCUT2D eigenvalue weighted by molar-refractivity contribution is 5.92. The van der Waals surface area contributed by atoms with Crippen molar-refractivity contribution < 1.29 is 4.79 Å². The van der Waals surface area contributed by atoms with Crippen molar-refractivity contribution in [2.45, 2.75) is 19.4 Å². The molecule has 2 heterocycles. The summed E-state index contributed by atoms with van der Waals surface area (Å²) in [4.78, 5) is 36.0. The summed E-state index contributed by atoms with van der Waals surface area (Å²) >= 11 is 0. The number of nitrogens with zero attached hydrogens (tertiary/aromatic N) is 3. The predicted octanol–water partition coefficient (Wildman–Crippen LogP) is 2.69. The number of hydrogen-bond donors (Lipinski definition) is 2. The Hall–Kier alpha value is -3.48. The molecule has 0 aliphatic heterocycles. The third kappa shape index (κ3) is 3.19. The highest BCUT2D eigenvalue weighted by atomic mass is 16.1. The summed E-state index contributed by atoms with van der Waals surface area (Å²) in [5, 5.41) is 3.45. The minimum atomic E-state index is -0.0920. The van der Waals surface area contributed by atoms with Crippen molar-refractivity contribution in [3.05, 3.63) is 65.5 Å². The average Bonchev–Trinajstić information content (AvgIpc) is 3.11. The number of aromatic amines is 1. The number of hydrogen-bond acceptors (Lipinski definition) is 4. The molecule has 7 nitrogen and oxygen atoms in total. The van der Waals surface area contributed by atoms with Gasteiger partial charge in [0.1, 0.15) is 0 Å². The molecule has 2 aromatic carbocycles. The smallest absolute Gasteiger partial charge is 0.261 e. The van der Waals surface area contributed by atoms with E-state index in [0.29, 0.717) is 30.3 Å². The van der Waals surface area contributed by atoms with Gasteiger partial charge in [-0.05, 0) is 36.8 Å². The number of carbonyl (C=O) groups excluding carboxylic acids is 1. The van der Waals surface area contributed by atoms with Gasteiger partial charge in [-0.25, -0.2) is 9.97 Å². The quantitative estimate of drug-likeness (QED) is 0.580. The molecule has 4 rings (SSSR count). The molecule has 0 unspecified atom stereocenters. The normalized spacial score (nSPS) is 11.1. The first-order valence-electron chi connectivity index (χ1n) is 8.38. The van der Waals surface area contributed by atoms with Gasteiger partial charge in [-0.1, -0.05) is 12.1 Å². The summed E-state index contributed by atoms with van der Waals surface area (Å²) in [5.74, 6) is -0.0920. The van der Waals surface area contributed by atoms with Crippen LogP contribution in [0.5, 0.6) is 0 Å². The fraction of sp³-hybridized carbons (Fsp3) is 0.158. The number of rotatable bonds is 5. The van der Waals surface area contributed by atoms with E-state index in [0.717, 1.165) is 16.7 Å². The number of benzene rings is 2. The summed E-state index contributed by atoms with van der Waals surface area (Å²) in [6.07, 6.45) is 4.03. The summed E-state index contributed by atoms with van der Waals surface area (Å²) < 4.78 is 1.55. The molecular weight excluding hydrogens is 330 g/mol. The van der Waals surface area contributed by atoms with Gasteiger partial charge in [0.25, 0.3) is 5.56 Å². The molecule has 0 aliphatic rings. The summed E-state index contributed by atoms with van der Waals surface area (Å²) in [6, 6.07) is 12.8. The van der Waals surface area contributed by atoms with Crippen LogP contribution in [0, 0.1) is 0 Å². The third-order valence-electron chi connectivity index (χ3n) is 4.24. The van der Waals surface area contributed by atoms with E-state index in [1.54, 1.807) is 17.0 Å². The zero-order chi connectivity index (χ0) is 17.9. The Labute approximate surface area is 148 Å². The lowest BCUT2D eigenvalue weighted by Crippen LogP contribution is -2.21. The van der Waals surface area contributed by atoms with Crippen LogP contribution in [-0.4, -0.2) is 25.4 Å². The SMILES string of the molecule is O=C(CCCn1cnc2ccccc2c1=O)Nc1ccc2nc[nH]c2c1. The molecule has 7 heteroatoms. The Morgan fingerprint density at radius 3 is 2.92 bits per heavy atom. The van der Waals surface area contributed by atoms with Crippen LogP contribution >= 0.6 is 0 Å². The van der Waals surface area contributed by atoms with Gasteiger partial charge in [0.2, 0.25) is 5.91 Å². The second-order valence-electron chi connectivity index (χ2n) is 6.05. The maximum Gasteiger partial charge on any atom is 0.261 e. The van der Waals surface area contributed by atoms with Gasteiger partial charge in [0.15, 0.2) is 0 Å². The maximum absolute atomic E-state index is 12.4. The Bertz CT molecular complexity index is 1150. The second-order valence-corrected chi connectivity index (χ2v) is 6.05. The third-order valence-corrected chi connectivity index (χ3v) is 4.24. The van der Waals surface area contributed by atoms with E-state index in [9.17, 15) is 9.59 Å². The lowest BCUT2D eigenvalue weighted by molar-refractivity contribution is -0.116. The lowest BCUT2D eigenvalue weighted by atomic mass is 10.2. The summed E-state index contributed by atoms with van der Waals surface area (Å²) in [6.45, 7) is 0.448. The highest BCUT2D eigenvalue weighted by Gasteiger charge is 2.06. The van der Waals surface area contributed by atoms with Gasteiger partial charge >= 0.3 is 0 Å². The zero-order valence-corrected chi connectivity index (χ0v) is 14.0. The molecule has 26 heavy (non-hydrogen) atoms. The van der Waals surface area contributed by atoms with Crippen LogP contribution < -0.4 is 10.9 Å². The molecular formula is C19H17N5O2. The standard InChI is InChI=1S/C19H17N5O2/c25-18(23-13-7-8-16-17(10-13)21-11-20-16)6-3-9-24-12-22-15-5-2-1-4-14(15)19(24)26/h1-2,4-5,7-8,10-12H,3,6,9H2,(H,20,21)(H,23,25). The van der Waals surface area contributed by atoms with E-state index in [-0.39, 0.29) is 11.5 Å². The van der Waals surface area contributed by atoms with Gasteiger partial charge in [0.05, 0.1) is 34.6 Å². The molecule has 2 N–H and O–H groups in total. The first kappa shape index (κ1) is 16.0. The molecule has 0 radical (unpaired) electrons. The van der Waals surface area contributed by atoms with Crippen LogP contribution in [0.3, 0.4) is 0 Å². The molecule has 1 amide bonds. The second kappa shape index (κ2) is 6.79. The van der Waals surface area contributed by atoms with Gasteiger partial charge in [-0.3, -0.25) is 14.2 Å². The van der Waals surface area contributed by atoms with Crippen LogP contribution in [0.4, 0.5) is 5.69 Å². The van der Waals surface area contributed by atoms with E-state index in [1.807, 2.05) is 36.4 Å². The predicted molar refractivity (Wildman–Crippen MR) is 100.0 cm³/mol. The number of imidazole rings is 1. The molecule has 2 aromatic heterocycles. The Morgan fingerprint density at radius 2 is 2.00 bits per heavy atom. The zero-order valence-electron chi connectivity index (χ0n) is 14.0. The first-order valence-corrected chi connectivity index (χ1v) is 8.38. The lowest BCUT2D eigenvalue weighted by Gasteiger charge is -2.07. The van der Waals surface area contributed by atoms with Crippen LogP contribution in [-0.2, 0) is 11.3 Å². The van der Waals surface area contributed by atoms with Gasteiger partial charge in [-0.15, -0.1) is 0 Å². The maximum atomic E-state index is 12.4. The van der Waals surface area contributed by atoms with E-state index < -0.39 is 0 Å². The number of para-hydroxylation sites is 1. The Kier molecular flexibility index (Phi) is 4.18. The van der Waals surface area contributed by atoms with Crippen molar-refractivity contribution in [2.75, 3.05) is 5.32 Å². The molecule has 0 saturated heterocycles. The number of aryl methyl sites for hydroxylation is 1. The summed E-state index contributed by atoms with van der Waals surface area (Å²) in [7, 11) is 0. The first-order chi connectivity index (χ1) is 12.7. The van der Waals surface area contributed by atoms with E-state index in [2.05, 4.69) is 20.3 Å². The van der Waals surface area contributed by atoms with Gasteiger partial charge < -0.3 is 10.3 Å². The molecule has 0 spiro atoms. The number of H-pyrrole nitrogens is 1. The Morgan fingerprint density at radius 1 is 1.12 bits per heavy atom. The van der Waals surface area contributed by atoms with Crippen LogP contribution in [0.15, 0.2) is 59.9 Å². The van der Waals surface area contributed by atoms with Crippen molar-refractivity contribution in [3.8, 4) is 0 Å². The molecule has 0 bridgehead atoms. The molecule has 130 valence electrons. The minimum absolute atomic E-state index is 0.0827. The molecule has 0 fully saturated rings. The Balaban J connectivity index is 1.37. The fourth-order valence-electron chi connectivity index (χ4n) is 2.91. The minimum Gasteiger partial charge on any atom is -0.345 e. The van der Waals surface area contributed by atoms with Crippen molar-refractivity contribution >= 4 is 33.5 Å². The topological polar surface area (TPSA) is 92.7 Å². The van der Waals surface area contributed by atoms with Crippen LogP contribution in [0.1, 0.15) is 12.8 Å². The number of fused-ring (bicyclic) bond motifs is 2. The van der Waals surface area contributed by atoms with E-state index >= 15 is 0 Å². The number of nitrogens with one attached hydrogen (secondary N) is 2. The molecule has 0 atom stereocenters. The number of anilines is 1. The van der Waals surface area contributed by atoms with Crippen molar-refractivity contribution in [1.29, 1.82) is 0 Å². The fourth-order valence-corrected chi connectivity index (χ4v) is 2.91.